The molecule has 8 heteroatoms. The number of cyclic esters (lactones) is 2. The highest BCUT2D eigenvalue weighted by molar-refractivity contribution is 7.92. The molecule has 21 heavy (non-hydrogen) atoms. The molecule has 0 bridgehead atoms. The van der Waals surface area contributed by atoms with E-state index in [-0.39, 0.29) is 24.1 Å². The third-order valence-corrected chi connectivity index (χ3v) is 6.33. The van der Waals surface area contributed by atoms with Crippen LogP contribution in [0.25, 0.3) is 0 Å². The van der Waals surface area contributed by atoms with E-state index in [1.54, 1.807) is 0 Å². The molecule has 2 aliphatic heterocycles. The lowest BCUT2D eigenvalue weighted by atomic mass is 10.1. The molecule has 120 valence electrons. The summed E-state index contributed by atoms with van der Waals surface area (Å²) < 4.78 is 33.1. The Morgan fingerprint density at radius 2 is 1.24 bits per heavy atom. The fourth-order valence-corrected chi connectivity index (χ4v) is 4.73. The Kier molecular flexibility index (Phi) is 6.66. The maximum atomic E-state index is 11.7. The van der Waals surface area contributed by atoms with E-state index in [9.17, 15) is 18.7 Å². The SMILES string of the molecule is O=C1CC(CC[S+]([O-])CCC[S+]([O-])CCC2CC(=O)O2)O1. The summed E-state index contributed by atoms with van der Waals surface area (Å²) in [6, 6.07) is 0. The number of carbonyl (C=O) groups is 2. The fraction of sp³-hybridized carbons (Fsp3) is 0.846. The van der Waals surface area contributed by atoms with Crippen molar-refractivity contribution >= 4 is 34.3 Å². The molecule has 0 aromatic carbocycles. The van der Waals surface area contributed by atoms with Gasteiger partial charge < -0.3 is 18.6 Å². The van der Waals surface area contributed by atoms with E-state index in [4.69, 9.17) is 9.47 Å². The topological polar surface area (TPSA) is 98.7 Å². The Morgan fingerprint density at radius 1 is 0.857 bits per heavy atom. The minimum atomic E-state index is -0.939. The zero-order chi connectivity index (χ0) is 15.2. The Bertz CT molecular complexity index is 328. The van der Waals surface area contributed by atoms with Crippen molar-refractivity contribution in [1.29, 1.82) is 0 Å². The number of carbonyl (C=O) groups excluding carboxylic acids is 2. The highest BCUT2D eigenvalue weighted by Gasteiger charge is 2.30. The van der Waals surface area contributed by atoms with Crippen LogP contribution in [-0.2, 0) is 41.4 Å². The molecule has 0 saturated carbocycles. The molecular weight excluding hydrogens is 316 g/mol. The molecule has 6 nitrogen and oxygen atoms in total. The quantitative estimate of drug-likeness (QED) is 0.420. The van der Waals surface area contributed by atoms with Crippen LogP contribution in [0.4, 0.5) is 0 Å². The maximum absolute atomic E-state index is 11.7. The lowest BCUT2D eigenvalue weighted by Gasteiger charge is -2.26. The summed E-state index contributed by atoms with van der Waals surface area (Å²) in [4.78, 5) is 21.2. The van der Waals surface area contributed by atoms with Crippen LogP contribution < -0.4 is 0 Å². The van der Waals surface area contributed by atoms with Crippen LogP contribution in [0.3, 0.4) is 0 Å². The van der Waals surface area contributed by atoms with Gasteiger partial charge in [0.15, 0.2) is 0 Å². The summed E-state index contributed by atoms with van der Waals surface area (Å²) in [6.45, 7) is 0. The van der Waals surface area contributed by atoms with E-state index in [0.29, 0.717) is 55.1 Å². The Labute approximate surface area is 130 Å². The van der Waals surface area contributed by atoms with Crippen molar-refractivity contribution in [3.63, 3.8) is 0 Å². The van der Waals surface area contributed by atoms with Gasteiger partial charge in [-0.2, -0.15) is 0 Å². The zero-order valence-electron chi connectivity index (χ0n) is 11.8. The van der Waals surface area contributed by atoms with E-state index < -0.39 is 22.4 Å². The van der Waals surface area contributed by atoms with Crippen LogP contribution in [-0.4, -0.2) is 56.3 Å². The van der Waals surface area contributed by atoms with Gasteiger partial charge in [0.05, 0.1) is 12.8 Å². The number of rotatable bonds is 10. The van der Waals surface area contributed by atoms with Crippen molar-refractivity contribution in [2.45, 2.75) is 44.3 Å². The summed E-state index contributed by atoms with van der Waals surface area (Å²) in [7, 11) is 0. The van der Waals surface area contributed by atoms with Crippen LogP contribution in [0.5, 0.6) is 0 Å². The van der Waals surface area contributed by atoms with E-state index in [0.717, 1.165) is 0 Å². The van der Waals surface area contributed by atoms with Gasteiger partial charge in [0.2, 0.25) is 0 Å². The summed E-state index contributed by atoms with van der Waals surface area (Å²) >= 11 is -1.88. The first kappa shape index (κ1) is 16.9. The number of ether oxygens (including phenoxy) is 2. The van der Waals surface area contributed by atoms with Crippen LogP contribution in [0.15, 0.2) is 0 Å². The Hall–Kier alpha value is -0.440. The second-order valence-corrected chi connectivity index (χ2v) is 8.65. The van der Waals surface area contributed by atoms with Crippen molar-refractivity contribution in [3.8, 4) is 0 Å². The van der Waals surface area contributed by atoms with E-state index in [1.165, 1.54) is 0 Å². The van der Waals surface area contributed by atoms with Crippen molar-refractivity contribution in [2.24, 2.45) is 0 Å². The molecule has 0 aliphatic carbocycles. The predicted molar refractivity (Wildman–Crippen MR) is 78.6 cm³/mol. The lowest BCUT2D eigenvalue weighted by molar-refractivity contribution is -0.170. The highest BCUT2D eigenvalue weighted by atomic mass is 32.2. The first-order valence-electron chi connectivity index (χ1n) is 7.12. The van der Waals surface area contributed by atoms with Crippen LogP contribution in [0.1, 0.15) is 32.1 Å². The summed E-state index contributed by atoms with van der Waals surface area (Å²) in [6.07, 6.45) is 2.72. The first-order chi connectivity index (χ1) is 10.0. The molecule has 2 saturated heterocycles. The third kappa shape index (κ3) is 6.06. The monoisotopic (exact) mass is 336 g/mol. The molecule has 4 unspecified atom stereocenters. The van der Waals surface area contributed by atoms with E-state index in [2.05, 4.69) is 0 Å². The fourth-order valence-electron chi connectivity index (χ4n) is 2.16. The molecule has 2 fully saturated rings. The molecular formula is C13H20O6S2. The molecule has 2 aliphatic rings. The van der Waals surface area contributed by atoms with E-state index >= 15 is 0 Å². The molecule has 0 N–H and O–H groups in total. The van der Waals surface area contributed by atoms with Crippen molar-refractivity contribution in [3.05, 3.63) is 0 Å². The van der Waals surface area contributed by atoms with Gasteiger partial charge in [0.25, 0.3) is 0 Å². The van der Waals surface area contributed by atoms with Crippen molar-refractivity contribution in [1.82, 2.24) is 0 Å². The Balaban J connectivity index is 1.42. The van der Waals surface area contributed by atoms with Crippen molar-refractivity contribution in [2.75, 3.05) is 23.0 Å². The number of esters is 2. The molecule has 0 aromatic rings. The minimum Gasteiger partial charge on any atom is -0.616 e. The number of hydrogen-bond donors (Lipinski definition) is 0. The molecule has 4 atom stereocenters. The van der Waals surface area contributed by atoms with Crippen LogP contribution in [0.2, 0.25) is 0 Å². The van der Waals surface area contributed by atoms with Gasteiger partial charge in [0, 0.05) is 19.3 Å². The summed E-state index contributed by atoms with van der Waals surface area (Å²) in [5.41, 5.74) is 0. The lowest BCUT2D eigenvalue weighted by Crippen LogP contribution is -2.35. The summed E-state index contributed by atoms with van der Waals surface area (Å²) in [5, 5.41) is 0. The molecule has 2 heterocycles. The molecule has 0 spiro atoms. The van der Waals surface area contributed by atoms with Crippen LogP contribution in [0, 0.1) is 0 Å². The minimum absolute atomic E-state index is 0.0548. The summed E-state index contributed by atoms with van der Waals surface area (Å²) in [5.74, 6) is 1.76. The molecule has 0 radical (unpaired) electrons. The van der Waals surface area contributed by atoms with Gasteiger partial charge in [0.1, 0.15) is 35.2 Å². The second kappa shape index (κ2) is 8.26. The molecule has 0 aromatic heterocycles. The number of hydrogen-bond acceptors (Lipinski definition) is 6. The standard InChI is InChI=1S/C13H20O6S2/c14-12-8-10(18-12)2-6-20(16)4-1-5-21(17)7-3-11-9-13(15)19-11/h10-11H,1-9H2. The average molecular weight is 336 g/mol. The van der Waals surface area contributed by atoms with E-state index in [1.807, 2.05) is 0 Å². The zero-order valence-corrected chi connectivity index (χ0v) is 13.4. The van der Waals surface area contributed by atoms with Gasteiger partial charge in [-0.3, -0.25) is 9.59 Å². The predicted octanol–water partition coefficient (Wildman–Crippen LogP) is 0.285. The van der Waals surface area contributed by atoms with Crippen LogP contribution >= 0.6 is 0 Å². The van der Waals surface area contributed by atoms with Gasteiger partial charge in [-0.1, -0.05) is 22.4 Å². The highest BCUT2D eigenvalue weighted by Crippen LogP contribution is 2.19. The maximum Gasteiger partial charge on any atom is 0.309 e. The van der Waals surface area contributed by atoms with Gasteiger partial charge >= 0.3 is 11.9 Å². The normalized spacial score (nSPS) is 27.1. The van der Waals surface area contributed by atoms with Gasteiger partial charge in [-0.15, -0.1) is 0 Å². The van der Waals surface area contributed by atoms with Gasteiger partial charge in [-0.05, 0) is 0 Å². The largest absolute Gasteiger partial charge is 0.616 e. The molecule has 2 rings (SSSR count). The first-order valence-corrected chi connectivity index (χ1v) is 10.1. The van der Waals surface area contributed by atoms with Gasteiger partial charge in [-0.25, -0.2) is 0 Å². The molecule has 0 amide bonds. The third-order valence-electron chi connectivity index (χ3n) is 3.46. The van der Waals surface area contributed by atoms with Crippen molar-refractivity contribution < 1.29 is 28.2 Å². The Morgan fingerprint density at radius 3 is 1.57 bits per heavy atom. The smallest absolute Gasteiger partial charge is 0.309 e. The average Bonchev–Trinajstić information content (AvgIpc) is 2.37. The second-order valence-electron chi connectivity index (χ2n) is 5.26.